The lowest BCUT2D eigenvalue weighted by Crippen LogP contribution is -2.25. The van der Waals surface area contributed by atoms with Crippen molar-refractivity contribution in [1.29, 1.82) is 0 Å². The number of hydrogen-bond donors (Lipinski definition) is 2. The van der Waals surface area contributed by atoms with Gasteiger partial charge >= 0.3 is 0 Å². The minimum atomic E-state index is -0.108. The summed E-state index contributed by atoms with van der Waals surface area (Å²) >= 11 is 3.62. The maximum absolute atomic E-state index is 5.91. The fourth-order valence-electron chi connectivity index (χ4n) is 2.04. The van der Waals surface area contributed by atoms with Gasteiger partial charge in [0, 0.05) is 10.7 Å². The van der Waals surface area contributed by atoms with E-state index in [2.05, 4.69) is 47.1 Å². The number of halogens is 1. The molecular formula is C15H17BrN2. The van der Waals surface area contributed by atoms with Crippen LogP contribution in [0, 0.1) is 0 Å². The molecule has 0 aliphatic heterocycles. The summed E-state index contributed by atoms with van der Waals surface area (Å²) in [6.07, 6.45) is 0. The second-order valence-electron chi connectivity index (χ2n) is 4.68. The number of hydrogen-bond acceptors (Lipinski definition) is 2. The highest BCUT2D eigenvalue weighted by atomic mass is 79.9. The first-order valence-electron chi connectivity index (χ1n) is 5.85. The summed E-state index contributed by atoms with van der Waals surface area (Å²) in [5.41, 5.74) is 15.3. The van der Waals surface area contributed by atoms with Gasteiger partial charge in [-0.2, -0.15) is 0 Å². The third kappa shape index (κ3) is 2.23. The zero-order valence-corrected chi connectivity index (χ0v) is 11.9. The fraction of sp³-hybridized carbons (Fsp3) is 0.200. The predicted molar refractivity (Wildman–Crippen MR) is 82.0 cm³/mol. The van der Waals surface area contributed by atoms with Crippen molar-refractivity contribution in [3.8, 4) is 0 Å². The van der Waals surface area contributed by atoms with Gasteiger partial charge in [0.25, 0.3) is 0 Å². The SMILES string of the molecule is CC(CBr)(c1ccccc1)c1ccc(N)c(N)c1. The van der Waals surface area contributed by atoms with Gasteiger partial charge in [-0.1, -0.05) is 59.3 Å². The molecule has 0 aromatic heterocycles. The van der Waals surface area contributed by atoms with E-state index in [-0.39, 0.29) is 5.41 Å². The lowest BCUT2D eigenvalue weighted by Gasteiger charge is -2.29. The molecule has 2 nitrogen and oxygen atoms in total. The van der Waals surface area contributed by atoms with Crippen LogP contribution >= 0.6 is 15.9 Å². The Bertz CT molecular complexity index is 539. The number of nitrogen functional groups attached to an aromatic ring is 2. The van der Waals surface area contributed by atoms with E-state index in [1.54, 1.807) is 0 Å². The summed E-state index contributed by atoms with van der Waals surface area (Å²) in [6.45, 7) is 2.20. The third-order valence-electron chi connectivity index (χ3n) is 3.40. The van der Waals surface area contributed by atoms with E-state index in [1.165, 1.54) is 5.56 Å². The Morgan fingerprint density at radius 1 is 0.944 bits per heavy atom. The van der Waals surface area contributed by atoms with Crippen LogP contribution in [0.3, 0.4) is 0 Å². The van der Waals surface area contributed by atoms with Crippen LogP contribution in [0.1, 0.15) is 18.1 Å². The first kappa shape index (κ1) is 13.0. The zero-order chi connectivity index (χ0) is 13.2. The Kier molecular flexibility index (Phi) is 3.62. The first-order valence-corrected chi connectivity index (χ1v) is 6.97. The van der Waals surface area contributed by atoms with Crippen LogP contribution in [-0.2, 0) is 5.41 Å². The zero-order valence-electron chi connectivity index (χ0n) is 10.4. The fourth-order valence-corrected chi connectivity index (χ4v) is 2.69. The summed E-state index contributed by atoms with van der Waals surface area (Å²) in [7, 11) is 0. The van der Waals surface area contributed by atoms with Crippen molar-refractivity contribution in [3.63, 3.8) is 0 Å². The standard InChI is InChI=1S/C15H17BrN2/c1-15(10-16,11-5-3-2-4-6-11)12-7-8-13(17)14(18)9-12/h2-9H,10,17-18H2,1H3. The summed E-state index contributed by atoms with van der Waals surface area (Å²) in [4.78, 5) is 0. The van der Waals surface area contributed by atoms with Crippen molar-refractivity contribution >= 4 is 27.3 Å². The summed E-state index contributed by atoms with van der Waals surface area (Å²) in [6, 6.07) is 16.3. The minimum absolute atomic E-state index is 0.108. The molecule has 2 aromatic carbocycles. The molecule has 4 N–H and O–H groups in total. The molecule has 0 aliphatic rings. The van der Waals surface area contributed by atoms with Crippen LogP contribution in [0.25, 0.3) is 0 Å². The van der Waals surface area contributed by atoms with Crippen molar-refractivity contribution in [2.24, 2.45) is 0 Å². The minimum Gasteiger partial charge on any atom is -0.397 e. The summed E-state index contributed by atoms with van der Waals surface area (Å²) in [5, 5.41) is 0.827. The van der Waals surface area contributed by atoms with Crippen LogP contribution in [0.2, 0.25) is 0 Å². The molecule has 0 aliphatic carbocycles. The topological polar surface area (TPSA) is 52.0 Å². The van der Waals surface area contributed by atoms with Gasteiger partial charge in [0.05, 0.1) is 11.4 Å². The number of anilines is 2. The monoisotopic (exact) mass is 304 g/mol. The molecule has 1 unspecified atom stereocenters. The van der Waals surface area contributed by atoms with Crippen molar-refractivity contribution < 1.29 is 0 Å². The van der Waals surface area contributed by atoms with Gasteiger partial charge in [0.1, 0.15) is 0 Å². The van der Waals surface area contributed by atoms with E-state index >= 15 is 0 Å². The largest absolute Gasteiger partial charge is 0.397 e. The molecule has 2 rings (SSSR count). The van der Waals surface area contributed by atoms with Crippen LogP contribution in [0.15, 0.2) is 48.5 Å². The second-order valence-corrected chi connectivity index (χ2v) is 5.24. The molecule has 0 saturated heterocycles. The van der Waals surface area contributed by atoms with Crippen molar-refractivity contribution in [2.75, 3.05) is 16.8 Å². The maximum atomic E-state index is 5.91. The van der Waals surface area contributed by atoms with E-state index < -0.39 is 0 Å². The molecular weight excluding hydrogens is 288 g/mol. The first-order chi connectivity index (χ1) is 8.58. The van der Waals surface area contributed by atoms with E-state index in [9.17, 15) is 0 Å². The molecule has 94 valence electrons. The lowest BCUT2D eigenvalue weighted by atomic mass is 9.78. The highest BCUT2D eigenvalue weighted by molar-refractivity contribution is 9.09. The van der Waals surface area contributed by atoms with Gasteiger partial charge in [-0.25, -0.2) is 0 Å². The van der Waals surface area contributed by atoms with E-state index in [0.717, 1.165) is 10.9 Å². The normalized spacial score (nSPS) is 14.1. The smallest absolute Gasteiger partial charge is 0.0550 e. The maximum Gasteiger partial charge on any atom is 0.0550 e. The summed E-state index contributed by atoms with van der Waals surface area (Å²) < 4.78 is 0. The van der Waals surface area contributed by atoms with Gasteiger partial charge < -0.3 is 11.5 Å². The molecule has 0 spiro atoms. The van der Waals surface area contributed by atoms with Crippen LogP contribution in [-0.4, -0.2) is 5.33 Å². The molecule has 18 heavy (non-hydrogen) atoms. The van der Waals surface area contributed by atoms with Gasteiger partial charge in [-0.15, -0.1) is 0 Å². The van der Waals surface area contributed by atoms with Crippen LogP contribution in [0.4, 0.5) is 11.4 Å². The predicted octanol–water partition coefficient (Wildman–Crippen LogP) is 3.55. The van der Waals surface area contributed by atoms with Crippen molar-refractivity contribution in [2.45, 2.75) is 12.3 Å². The van der Waals surface area contributed by atoms with Crippen molar-refractivity contribution in [1.82, 2.24) is 0 Å². The average Bonchev–Trinajstić information content (AvgIpc) is 2.42. The molecule has 0 heterocycles. The molecule has 0 amide bonds. The van der Waals surface area contributed by atoms with Gasteiger partial charge in [-0.3, -0.25) is 0 Å². The molecule has 0 fully saturated rings. The Morgan fingerprint density at radius 2 is 1.61 bits per heavy atom. The van der Waals surface area contributed by atoms with E-state index in [1.807, 2.05) is 24.3 Å². The van der Waals surface area contributed by atoms with Crippen molar-refractivity contribution in [3.05, 3.63) is 59.7 Å². The number of nitrogens with two attached hydrogens (primary N) is 2. The van der Waals surface area contributed by atoms with E-state index in [0.29, 0.717) is 11.4 Å². The Labute approximate surface area is 116 Å². The van der Waals surface area contributed by atoms with Crippen LogP contribution in [0.5, 0.6) is 0 Å². The van der Waals surface area contributed by atoms with Gasteiger partial charge in [0.2, 0.25) is 0 Å². The Morgan fingerprint density at radius 3 is 2.17 bits per heavy atom. The molecule has 1 atom stereocenters. The molecule has 0 radical (unpaired) electrons. The van der Waals surface area contributed by atoms with Gasteiger partial charge in [-0.05, 0) is 23.3 Å². The quantitative estimate of drug-likeness (QED) is 0.673. The van der Waals surface area contributed by atoms with E-state index in [4.69, 9.17) is 11.5 Å². The molecule has 0 saturated carbocycles. The molecule has 2 aromatic rings. The van der Waals surface area contributed by atoms with Gasteiger partial charge in [0.15, 0.2) is 0 Å². The molecule has 0 bridgehead atoms. The number of rotatable bonds is 3. The third-order valence-corrected chi connectivity index (χ3v) is 4.52. The molecule has 3 heteroatoms. The second kappa shape index (κ2) is 5.02. The Balaban J connectivity index is 2.53. The summed E-state index contributed by atoms with van der Waals surface area (Å²) in [5.74, 6) is 0. The number of alkyl halides is 1. The number of benzene rings is 2. The van der Waals surface area contributed by atoms with Crippen LogP contribution < -0.4 is 11.5 Å². The highest BCUT2D eigenvalue weighted by Gasteiger charge is 2.27. The average molecular weight is 305 g/mol. The Hall–Kier alpha value is -1.48. The highest BCUT2D eigenvalue weighted by Crippen LogP contribution is 2.35. The lowest BCUT2D eigenvalue weighted by molar-refractivity contribution is 0.658.